The molecule has 0 aliphatic rings. The molecule has 0 fully saturated rings. The Balaban J connectivity index is 1.48. The average molecular weight is 423 g/mol. The van der Waals surface area contributed by atoms with E-state index in [2.05, 4.69) is 39.1 Å². The summed E-state index contributed by atoms with van der Waals surface area (Å²) in [5.41, 5.74) is 12.4. The van der Waals surface area contributed by atoms with Crippen molar-refractivity contribution >= 4 is 34.6 Å². The predicted octanol–water partition coefficient (Wildman–Crippen LogP) is 6.10. The van der Waals surface area contributed by atoms with Crippen LogP contribution in [0.3, 0.4) is 0 Å². The van der Waals surface area contributed by atoms with Crippen molar-refractivity contribution < 1.29 is 0 Å². The highest BCUT2D eigenvalue weighted by Gasteiger charge is 2.08. The molecule has 0 saturated carbocycles. The van der Waals surface area contributed by atoms with Crippen molar-refractivity contribution in [3.63, 3.8) is 0 Å². The summed E-state index contributed by atoms with van der Waals surface area (Å²) in [6.07, 6.45) is 3.66. The molecule has 3 aromatic carbocycles. The van der Waals surface area contributed by atoms with Crippen molar-refractivity contribution in [1.82, 2.24) is 9.55 Å². The fourth-order valence-corrected chi connectivity index (χ4v) is 3.47. The lowest BCUT2D eigenvalue weighted by atomic mass is 10.0. The molecular weight excluding hydrogens is 403 g/mol. The number of aromatic nitrogens is 2. The lowest BCUT2D eigenvalue weighted by molar-refractivity contribution is 0.751. The Morgan fingerprint density at radius 1 is 0.897 bits per heavy atom. The van der Waals surface area contributed by atoms with E-state index in [0.717, 1.165) is 33.8 Å². The number of rotatable bonds is 6. The normalized spacial score (nSPS) is 10.8. The molecule has 3 N–H and O–H groups in total. The molecule has 4 nitrogen and oxygen atoms in total. The second-order valence-electron chi connectivity index (χ2n) is 6.77. The Hall–Kier alpha value is -2.95. The fourth-order valence-electron chi connectivity index (χ4n) is 3.17. The van der Waals surface area contributed by atoms with E-state index >= 15 is 0 Å². The van der Waals surface area contributed by atoms with E-state index in [1.807, 2.05) is 48.9 Å². The van der Waals surface area contributed by atoms with Crippen LogP contribution in [0.2, 0.25) is 10.0 Å². The number of halogens is 2. The summed E-state index contributed by atoms with van der Waals surface area (Å²) in [5.74, 6) is 0. The molecule has 1 heterocycles. The summed E-state index contributed by atoms with van der Waals surface area (Å²) in [4.78, 5) is 4.29. The number of nitrogens with one attached hydrogen (secondary N) is 1. The largest absolute Gasteiger partial charge is 0.398 e. The summed E-state index contributed by atoms with van der Waals surface area (Å²) in [7, 11) is 0. The van der Waals surface area contributed by atoms with Crippen LogP contribution in [0.4, 0.5) is 11.4 Å². The van der Waals surface area contributed by atoms with Crippen molar-refractivity contribution in [1.29, 1.82) is 0 Å². The third-order valence-electron chi connectivity index (χ3n) is 4.79. The van der Waals surface area contributed by atoms with Gasteiger partial charge >= 0.3 is 0 Å². The summed E-state index contributed by atoms with van der Waals surface area (Å²) in [6, 6.07) is 21.9. The van der Waals surface area contributed by atoms with Crippen LogP contribution in [0.5, 0.6) is 0 Å². The minimum absolute atomic E-state index is 0.524. The van der Waals surface area contributed by atoms with Gasteiger partial charge in [0.15, 0.2) is 0 Å². The van der Waals surface area contributed by atoms with Crippen LogP contribution in [-0.2, 0) is 13.1 Å². The standard InChI is InChI=1S/C23H20Cl2N4/c24-21-9-8-19(11-22(21)25)28-13-20-12-27-15-29(20)14-18-7-6-17(10-23(18)26)16-4-2-1-3-5-16/h1-12,15,28H,13-14,26H2. The number of nitrogen functional groups attached to an aromatic ring is 1. The van der Waals surface area contributed by atoms with Crippen LogP contribution in [0.1, 0.15) is 11.3 Å². The van der Waals surface area contributed by atoms with Gasteiger partial charge in [0.1, 0.15) is 0 Å². The van der Waals surface area contributed by atoms with Gasteiger partial charge in [-0.15, -0.1) is 0 Å². The Morgan fingerprint density at radius 3 is 2.48 bits per heavy atom. The summed E-state index contributed by atoms with van der Waals surface area (Å²) >= 11 is 12.1. The van der Waals surface area contributed by atoms with Gasteiger partial charge in [-0.1, -0.05) is 65.7 Å². The molecule has 6 heteroatoms. The van der Waals surface area contributed by atoms with E-state index in [1.54, 1.807) is 6.07 Å². The highest BCUT2D eigenvalue weighted by Crippen LogP contribution is 2.26. The van der Waals surface area contributed by atoms with E-state index in [9.17, 15) is 0 Å². The summed E-state index contributed by atoms with van der Waals surface area (Å²) < 4.78 is 2.08. The molecule has 0 amide bonds. The van der Waals surface area contributed by atoms with Crippen LogP contribution in [0.25, 0.3) is 11.1 Å². The van der Waals surface area contributed by atoms with Gasteiger partial charge in [-0.25, -0.2) is 4.98 Å². The summed E-state index contributed by atoms with van der Waals surface area (Å²) in [6.45, 7) is 1.26. The van der Waals surface area contributed by atoms with E-state index < -0.39 is 0 Å². The maximum Gasteiger partial charge on any atom is 0.0951 e. The first-order valence-corrected chi connectivity index (χ1v) is 9.97. The van der Waals surface area contributed by atoms with Crippen LogP contribution in [0, 0.1) is 0 Å². The van der Waals surface area contributed by atoms with Crippen LogP contribution >= 0.6 is 23.2 Å². The molecule has 29 heavy (non-hydrogen) atoms. The monoisotopic (exact) mass is 422 g/mol. The Morgan fingerprint density at radius 2 is 1.72 bits per heavy atom. The minimum Gasteiger partial charge on any atom is -0.398 e. The molecule has 0 bridgehead atoms. The number of nitrogens with zero attached hydrogens (tertiary/aromatic N) is 2. The maximum atomic E-state index is 6.34. The van der Waals surface area contributed by atoms with Crippen LogP contribution < -0.4 is 11.1 Å². The number of imidazole rings is 1. The van der Waals surface area contributed by atoms with E-state index in [0.29, 0.717) is 23.1 Å². The summed E-state index contributed by atoms with van der Waals surface area (Å²) in [5, 5.41) is 4.41. The molecule has 0 atom stereocenters. The molecule has 4 aromatic rings. The molecule has 0 spiro atoms. The molecule has 0 saturated heterocycles. The number of hydrogen-bond donors (Lipinski definition) is 2. The highest BCUT2D eigenvalue weighted by molar-refractivity contribution is 6.42. The Bertz CT molecular complexity index is 1120. The van der Waals surface area contributed by atoms with Crippen molar-refractivity contribution in [2.75, 3.05) is 11.1 Å². The number of nitrogens with two attached hydrogens (primary N) is 1. The first-order valence-electron chi connectivity index (χ1n) is 9.22. The van der Waals surface area contributed by atoms with Gasteiger partial charge in [0, 0.05) is 17.6 Å². The van der Waals surface area contributed by atoms with Crippen LogP contribution in [-0.4, -0.2) is 9.55 Å². The zero-order valence-corrected chi connectivity index (χ0v) is 17.2. The van der Waals surface area contributed by atoms with Gasteiger partial charge in [0.2, 0.25) is 0 Å². The SMILES string of the molecule is Nc1cc(-c2ccccc2)ccc1Cn1cncc1CNc1ccc(Cl)c(Cl)c1. The van der Waals surface area contributed by atoms with E-state index in [-0.39, 0.29) is 0 Å². The van der Waals surface area contributed by atoms with Gasteiger partial charge < -0.3 is 15.6 Å². The third-order valence-corrected chi connectivity index (χ3v) is 5.52. The van der Waals surface area contributed by atoms with Gasteiger partial charge in [-0.2, -0.15) is 0 Å². The van der Waals surface area contributed by atoms with Gasteiger partial charge in [0.25, 0.3) is 0 Å². The topological polar surface area (TPSA) is 55.9 Å². The first-order chi connectivity index (χ1) is 14.1. The van der Waals surface area contributed by atoms with E-state index in [1.165, 1.54) is 0 Å². The molecule has 0 radical (unpaired) electrons. The maximum absolute atomic E-state index is 6.34. The van der Waals surface area contributed by atoms with Gasteiger partial charge in [-0.05, 0) is 41.0 Å². The quantitative estimate of drug-likeness (QED) is 0.369. The van der Waals surface area contributed by atoms with Gasteiger partial charge in [0.05, 0.1) is 35.2 Å². The minimum atomic E-state index is 0.524. The average Bonchev–Trinajstić information content (AvgIpc) is 3.18. The van der Waals surface area contributed by atoms with Crippen molar-refractivity contribution in [3.8, 4) is 11.1 Å². The zero-order chi connectivity index (χ0) is 20.2. The third kappa shape index (κ3) is 4.56. The highest BCUT2D eigenvalue weighted by atomic mass is 35.5. The zero-order valence-electron chi connectivity index (χ0n) is 15.6. The molecule has 0 aliphatic carbocycles. The Kier molecular flexibility index (Phi) is 5.74. The Labute approximate surface area is 179 Å². The first kappa shape index (κ1) is 19.4. The van der Waals surface area contributed by atoms with Crippen LogP contribution in [0.15, 0.2) is 79.3 Å². The number of anilines is 2. The molecule has 4 rings (SSSR count). The number of hydrogen-bond acceptors (Lipinski definition) is 3. The van der Waals surface area contributed by atoms with Crippen molar-refractivity contribution in [3.05, 3.63) is 101 Å². The molecular formula is C23H20Cl2N4. The van der Waals surface area contributed by atoms with Crippen molar-refractivity contribution in [2.45, 2.75) is 13.1 Å². The molecule has 146 valence electrons. The second-order valence-corrected chi connectivity index (χ2v) is 7.59. The lowest BCUT2D eigenvalue weighted by Crippen LogP contribution is -2.09. The molecule has 0 aliphatic heterocycles. The predicted molar refractivity (Wildman–Crippen MR) is 121 cm³/mol. The van der Waals surface area contributed by atoms with Crippen molar-refractivity contribution in [2.24, 2.45) is 0 Å². The second kappa shape index (κ2) is 8.60. The smallest absolute Gasteiger partial charge is 0.0951 e. The molecule has 1 aromatic heterocycles. The fraction of sp³-hybridized carbons (Fsp3) is 0.0870. The lowest BCUT2D eigenvalue weighted by Gasteiger charge is -2.13. The number of benzene rings is 3. The van der Waals surface area contributed by atoms with E-state index in [4.69, 9.17) is 28.9 Å². The molecule has 0 unspecified atom stereocenters. The van der Waals surface area contributed by atoms with Gasteiger partial charge in [-0.3, -0.25) is 0 Å².